The highest BCUT2D eigenvalue weighted by Gasteiger charge is 2.43. The molecule has 5 fully saturated rings. The van der Waals surface area contributed by atoms with Crippen LogP contribution in [-0.4, -0.2) is 105 Å². The second-order valence-corrected chi connectivity index (χ2v) is 14.9. The Labute approximate surface area is 282 Å². The van der Waals surface area contributed by atoms with Gasteiger partial charge < -0.3 is 36.5 Å². The average Bonchev–Trinajstić information content (AvgIpc) is 3.83. The first-order valence-electron chi connectivity index (χ1n) is 16.5. The van der Waals surface area contributed by atoms with E-state index in [9.17, 15) is 33.6 Å². The number of carbonyl (C=O) groups is 7. The number of aliphatic carboxylic acids is 1. The summed E-state index contributed by atoms with van der Waals surface area (Å²) in [5.74, 6) is -0.337. The van der Waals surface area contributed by atoms with Crippen LogP contribution in [0.2, 0.25) is 0 Å². The maximum atomic E-state index is 11.9. The molecule has 1 unspecified atom stereocenters. The molecule has 5 aliphatic rings. The Morgan fingerprint density at radius 1 is 0.723 bits per heavy atom. The molecule has 0 radical (unpaired) electrons. The standard InChI is InChI=1S/C20H30N4O6S.C10H16N2O3S/c25-15(7-4-3-6-14-19-13(12-31-14)22-20(29)23-19)21-11-5-1-2-8-18(28)30-24-16(26)9-10-17(24)27;13-8(14)4-2-1-3-7-9-6(5-16-7)11-10(15)12-9/h13-14,19H,1-12H2,(H,21,25)(H2,22,23,29);6-7,9H,1-5H2,(H,13,14)(H2,11,12,15)/t13-,14?,19-;6-,7-,9-/m00/s1. The Hall–Kier alpha value is -3.21. The molecule has 6 N–H and O–H groups in total. The quantitative estimate of drug-likeness (QED) is 0.0732. The fraction of sp³-hybridized carbons (Fsp3) is 0.767. The summed E-state index contributed by atoms with van der Waals surface area (Å²) >= 11 is 3.75. The zero-order valence-corrected chi connectivity index (χ0v) is 28.1. The van der Waals surface area contributed by atoms with Crippen molar-refractivity contribution in [2.75, 3.05) is 18.1 Å². The fourth-order valence-electron chi connectivity index (χ4n) is 6.23. The number of fused-ring (bicyclic) bond motifs is 2. The van der Waals surface area contributed by atoms with Gasteiger partial charge in [-0.25, -0.2) is 14.4 Å². The zero-order chi connectivity index (χ0) is 33.8. The second-order valence-electron chi connectivity index (χ2n) is 12.3. The summed E-state index contributed by atoms with van der Waals surface area (Å²) < 4.78 is 0. The number of amides is 7. The van der Waals surface area contributed by atoms with E-state index in [1.807, 2.05) is 23.5 Å². The largest absolute Gasteiger partial charge is 0.481 e. The van der Waals surface area contributed by atoms with Crippen molar-refractivity contribution in [3.8, 4) is 0 Å². The molecule has 7 amide bonds. The second kappa shape index (κ2) is 18.4. The number of nitrogens with zero attached hydrogens (tertiary/aromatic N) is 1. The molecule has 5 saturated heterocycles. The van der Waals surface area contributed by atoms with Crippen LogP contribution in [0, 0.1) is 0 Å². The molecule has 0 aliphatic carbocycles. The molecule has 5 aliphatic heterocycles. The van der Waals surface area contributed by atoms with E-state index in [1.54, 1.807) is 0 Å². The first-order chi connectivity index (χ1) is 22.6. The van der Waals surface area contributed by atoms with Crippen LogP contribution in [0.15, 0.2) is 0 Å². The Morgan fingerprint density at radius 2 is 1.26 bits per heavy atom. The summed E-state index contributed by atoms with van der Waals surface area (Å²) in [5.41, 5.74) is 0. The lowest BCUT2D eigenvalue weighted by Crippen LogP contribution is -2.36. The van der Waals surface area contributed by atoms with Crippen LogP contribution in [-0.2, 0) is 28.8 Å². The van der Waals surface area contributed by atoms with Gasteiger partial charge in [-0.05, 0) is 38.5 Å². The smallest absolute Gasteiger partial charge is 0.333 e. The lowest BCUT2D eigenvalue weighted by Gasteiger charge is -2.16. The van der Waals surface area contributed by atoms with Crippen LogP contribution in [0.4, 0.5) is 9.59 Å². The van der Waals surface area contributed by atoms with E-state index < -0.39 is 23.8 Å². The van der Waals surface area contributed by atoms with Crippen LogP contribution < -0.4 is 26.6 Å². The molecular weight excluding hydrogens is 652 g/mol. The summed E-state index contributed by atoms with van der Waals surface area (Å²) in [7, 11) is 0. The van der Waals surface area contributed by atoms with Crippen molar-refractivity contribution in [3.05, 3.63) is 0 Å². The fourth-order valence-corrected chi connectivity index (χ4v) is 9.32. The molecule has 5 rings (SSSR count). The van der Waals surface area contributed by atoms with Crippen LogP contribution in [0.5, 0.6) is 0 Å². The molecule has 0 aromatic carbocycles. The molecule has 0 saturated carbocycles. The number of urea groups is 2. The van der Waals surface area contributed by atoms with Crippen molar-refractivity contribution in [2.45, 2.75) is 125 Å². The number of unbranched alkanes of at least 4 members (excludes halogenated alkanes) is 4. The van der Waals surface area contributed by atoms with Gasteiger partial charge >= 0.3 is 24.0 Å². The van der Waals surface area contributed by atoms with Gasteiger partial charge in [0.25, 0.3) is 11.8 Å². The van der Waals surface area contributed by atoms with Gasteiger partial charge in [-0.15, -0.1) is 5.06 Å². The molecule has 0 spiro atoms. The minimum Gasteiger partial charge on any atom is -0.481 e. The Bertz CT molecular complexity index is 1160. The Kier molecular flexibility index (Phi) is 14.3. The van der Waals surface area contributed by atoms with Crippen molar-refractivity contribution in [1.29, 1.82) is 0 Å². The topological polar surface area (TPSA) is 212 Å². The number of imide groups is 1. The first-order valence-corrected chi connectivity index (χ1v) is 18.6. The van der Waals surface area contributed by atoms with Crippen LogP contribution in [0.1, 0.15) is 89.9 Å². The average molecular weight is 699 g/mol. The molecule has 47 heavy (non-hydrogen) atoms. The van der Waals surface area contributed by atoms with Crippen LogP contribution >= 0.6 is 23.5 Å². The number of carbonyl (C=O) groups excluding carboxylic acids is 6. The van der Waals surface area contributed by atoms with Crippen LogP contribution in [0.25, 0.3) is 0 Å². The third-order valence-corrected chi connectivity index (χ3v) is 11.7. The monoisotopic (exact) mass is 698 g/mol. The normalized spacial score (nSPS) is 27.2. The molecule has 15 nitrogen and oxygen atoms in total. The van der Waals surface area contributed by atoms with Gasteiger partial charge in [-0.1, -0.05) is 19.3 Å². The van der Waals surface area contributed by atoms with Gasteiger partial charge in [0.15, 0.2) is 0 Å². The number of thioether (sulfide) groups is 2. The van der Waals surface area contributed by atoms with E-state index >= 15 is 0 Å². The molecule has 0 aromatic rings. The predicted molar refractivity (Wildman–Crippen MR) is 174 cm³/mol. The SMILES string of the molecule is O=C(CCCCC1SC[C@@H]2NC(=O)N[C@H]12)NCCCCCC(=O)ON1C(=O)CCC1=O.O=C(O)CCCC[C@@H]1SC[C@@H]2NC(=O)N[C@@H]21. The van der Waals surface area contributed by atoms with Gasteiger partial charge in [0, 0.05) is 60.7 Å². The Morgan fingerprint density at radius 3 is 1.81 bits per heavy atom. The number of nitrogens with one attached hydrogen (secondary N) is 5. The van der Waals surface area contributed by atoms with E-state index in [0.717, 1.165) is 62.9 Å². The third-order valence-electron chi connectivity index (χ3n) is 8.73. The van der Waals surface area contributed by atoms with E-state index in [4.69, 9.17) is 9.94 Å². The van der Waals surface area contributed by atoms with Crippen molar-refractivity contribution in [3.63, 3.8) is 0 Å². The molecule has 0 bridgehead atoms. The summed E-state index contributed by atoms with van der Waals surface area (Å²) in [4.78, 5) is 84.0. The van der Waals surface area contributed by atoms with E-state index in [0.29, 0.717) is 34.9 Å². The maximum absolute atomic E-state index is 11.9. The van der Waals surface area contributed by atoms with Crippen molar-refractivity contribution >= 4 is 65.2 Å². The van der Waals surface area contributed by atoms with Crippen molar-refractivity contribution in [1.82, 2.24) is 31.6 Å². The highest BCUT2D eigenvalue weighted by molar-refractivity contribution is 8.00. The number of carboxylic acids is 1. The molecular formula is C30H46N6O9S2. The van der Waals surface area contributed by atoms with Crippen molar-refractivity contribution in [2.24, 2.45) is 0 Å². The lowest BCUT2D eigenvalue weighted by atomic mass is 10.0. The van der Waals surface area contributed by atoms with Gasteiger partial charge in [0.2, 0.25) is 5.91 Å². The summed E-state index contributed by atoms with van der Waals surface area (Å²) in [6.45, 7) is 0.552. The van der Waals surface area contributed by atoms with E-state index in [-0.39, 0.29) is 67.8 Å². The molecule has 17 heteroatoms. The number of hydrogen-bond donors (Lipinski definition) is 6. The summed E-state index contributed by atoms with van der Waals surface area (Å²) in [5, 5.41) is 24.6. The van der Waals surface area contributed by atoms with Crippen molar-refractivity contribution < 1.29 is 43.5 Å². The maximum Gasteiger partial charge on any atom is 0.333 e. The van der Waals surface area contributed by atoms with Crippen LogP contribution in [0.3, 0.4) is 0 Å². The van der Waals surface area contributed by atoms with Gasteiger partial charge in [0.05, 0.1) is 24.2 Å². The number of hydrogen-bond acceptors (Lipinski definition) is 10. The first kappa shape index (κ1) is 36.6. The lowest BCUT2D eigenvalue weighted by molar-refractivity contribution is -0.197. The predicted octanol–water partition coefficient (Wildman–Crippen LogP) is 1.79. The minimum atomic E-state index is -0.729. The zero-order valence-electron chi connectivity index (χ0n) is 26.5. The minimum absolute atomic E-state index is 0.0262. The summed E-state index contributed by atoms with van der Waals surface area (Å²) in [6.07, 6.45) is 8.48. The van der Waals surface area contributed by atoms with Gasteiger partial charge in [0.1, 0.15) is 0 Å². The number of carboxylic acid groups (broad SMARTS) is 1. The highest BCUT2D eigenvalue weighted by Crippen LogP contribution is 2.34. The molecule has 5 heterocycles. The third kappa shape index (κ3) is 11.5. The molecule has 6 atom stereocenters. The summed E-state index contributed by atoms with van der Waals surface area (Å²) in [6, 6.07) is 0.807. The number of rotatable bonds is 17. The highest BCUT2D eigenvalue weighted by atomic mass is 32.2. The molecule has 0 aromatic heterocycles. The van der Waals surface area contributed by atoms with E-state index in [2.05, 4.69) is 26.6 Å². The Balaban J connectivity index is 0.000000261. The van der Waals surface area contributed by atoms with Gasteiger partial charge in [-0.3, -0.25) is 19.2 Å². The number of hydroxylamine groups is 2. The van der Waals surface area contributed by atoms with Gasteiger partial charge in [-0.2, -0.15) is 23.5 Å². The van der Waals surface area contributed by atoms with E-state index in [1.165, 1.54) is 0 Å². The molecule has 262 valence electrons.